The van der Waals surface area contributed by atoms with Crippen LogP contribution in [0.15, 0.2) is 24.3 Å². The molecule has 0 aliphatic heterocycles. The van der Waals surface area contributed by atoms with Crippen LogP contribution in [0.3, 0.4) is 0 Å². The van der Waals surface area contributed by atoms with E-state index in [4.69, 9.17) is 0 Å². The Bertz CT molecular complexity index is 373. The molecule has 2 nitrogen and oxygen atoms in total. The van der Waals surface area contributed by atoms with Gasteiger partial charge in [-0.15, -0.1) is 0 Å². The SMILES string of the molecule is CC(=O)NCCC1CCCc2ccccc21. The first kappa shape index (κ1) is 11.2. The molecule has 1 unspecified atom stereocenters. The van der Waals surface area contributed by atoms with Gasteiger partial charge in [-0.3, -0.25) is 4.79 Å². The number of rotatable bonds is 3. The Morgan fingerprint density at radius 1 is 1.44 bits per heavy atom. The number of benzene rings is 1. The van der Waals surface area contributed by atoms with Gasteiger partial charge in [0.25, 0.3) is 0 Å². The van der Waals surface area contributed by atoms with Crippen LogP contribution in [0.4, 0.5) is 0 Å². The fourth-order valence-corrected chi connectivity index (χ4v) is 2.58. The molecule has 0 fully saturated rings. The second-order valence-electron chi connectivity index (χ2n) is 4.56. The largest absolute Gasteiger partial charge is 0.356 e. The molecular weight excluding hydrogens is 198 g/mol. The molecule has 0 saturated heterocycles. The monoisotopic (exact) mass is 217 g/mol. The fourth-order valence-electron chi connectivity index (χ4n) is 2.58. The van der Waals surface area contributed by atoms with E-state index < -0.39 is 0 Å². The first-order valence-electron chi connectivity index (χ1n) is 6.09. The first-order valence-corrected chi connectivity index (χ1v) is 6.09. The van der Waals surface area contributed by atoms with Gasteiger partial charge in [-0.25, -0.2) is 0 Å². The van der Waals surface area contributed by atoms with Crippen molar-refractivity contribution in [2.24, 2.45) is 0 Å². The van der Waals surface area contributed by atoms with Crippen LogP contribution in [0, 0.1) is 0 Å². The van der Waals surface area contributed by atoms with Gasteiger partial charge in [0.2, 0.25) is 5.91 Å². The normalized spacial score (nSPS) is 18.9. The molecule has 0 bridgehead atoms. The quantitative estimate of drug-likeness (QED) is 0.828. The molecule has 1 amide bonds. The van der Waals surface area contributed by atoms with Crippen molar-refractivity contribution in [1.82, 2.24) is 5.32 Å². The van der Waals surface area contributed by atoms with Gasteiger partial charge in [-0.2, -0.15) is 0 Å². The Labute approximate surface area is 97.1 Å². The van der Waals surface area contributed by atoms with Gasteiger partial charge < -0.3 is 5.32 Å². The molecule has 1 N–H and O–H groups in total. The molecule has 0 heterocycles. The topological polar surface area (TPSA) is 29.1 Å². The Kier molecular flexibility index (Phi) is 3.60. The van der Waals surface area contributed by atoms with Crippen molar-refractivity contribution >= 4 is 5.91 Å². The van der Waals surface area contributed by atoms with Crippen molar-refractivity contribution in [3.63, 3.8) is 0 Å². The van der Waals surface area contributed by atoms with Crippen molar-refractivity contribution < 1.29 is 4.79 Å². The van der Waals surface area contributed by atoms with E-state index in [1.54, 1.807) is 6.92 Å². The van der Waals surface area contributed by atoms with Crippen LogP contribution in [-0.4, -0.2) is 12.5 Å². The van der Waals surface area contributed by atoms with Gasteiger partial charge in [0.15, 0.2) is 0 Å². The predicted octanol–water partition coefficient (Wildman–Crippen LogP) is 2.63. The smallest absolute Gasteiger partial charge is 0.216 e. The average Bonchev–Trinajstić information content (AvgIpc) is 2.29. The number of aryl methyl sites for hydroxylation is 1. The molecule has 16 heavy (non-hydrogen) atoms. The summed E-state index contributed by atoms with van der Waals surface area (Å²) in [6.07, 6.45) is 4.82. The summed E-state index contributed by atoms with van der Waals surface area (Å²) >= 11 is 0. The van der Waals surface area contributed by atoms with E-state index in [0.717, 1.165) is 13.0 Å². The van der Waals surface area contributed by atoms with Gasteiger partial charge in [-0.05, 0) is 42.7 Å². The van der Waals surface area contributed by atoms with Crippen molar-refractivity contribution in [3.8, 4) is 0 Å². The molecule has 86 valence electrons. The Hall–Kier alpha value is -1.31. The number of nitrogens with one attached hydrogen (secondary N) is 1. The minimum atomic E-state index is 0.0732. The highest BCUT2D eigenvalue weighted by molar-refractivity contribution is 5.72. The van der Waals surface area contributed by atoms with Crippen LogP contribution in [-0.2, 0) is 11.2 Å². The molecule has 1 atom stereocenters. The Morgan fingerprint density at radius 2 is 2.25 bits per heavy atom. The lowest BCUT2D eigenvalue weighted by Gasteiger charge is -2.25. The standard InChI is InChI=1S/C14H19NO/c1-11(16)15-10-9-13-7-4-6-12-5-2-3-8-14(12)13/h2-3,5,8,13H,4,6-7,9-10H2,1H3,(H,15,16). The zero-order valence-electron chi connectivity index (χ0n) is 9.83. The van der Waals surface area contributed by atoms with E-state index in [9.17, 15) is 4.79 Å². The number of hydrogen-bond donors (Lipinski definition) is 1. The van der Waals surface area contributed by atoms with E-state index in [-0.39, 0.29) is 5.91 Å². The van der Waals surface area contributed by atoms with Gasteiger partial charge in [-0.1, -0.05) is 24.3 Å². The molecule has 0 saturated carbocycles. The summed E-state index contributed by atoms with van der Waals surface area (Å²) in [4.78, 5) is 10.8. The van der Waals surface area contributed by atoms with Crippen LogP contribution in [0.2, 0.25) is 0 Å². The van der Waals surface area contributed by atoms with Crippen LogP contribution in [0.25, 0.3) is 0 Å². The highest BCUT2D eigenvalue weighted by atomic mass is 16.1. The number of hydrogen-bond acceptors (Lipinski definition) is 1. The molecular formula is C14H19NO. The maximum Gasteiger partial charge on any atom is 0.216 e. The number of carbonyl (C=O) groups excluding carboxylic acids is 1. The van der Waals surface area contributed by atoms with Crippen molar-refractivity contribution in [1.29, 1.82) is 0 Å². The molecule has 0 radical (unpaired) electrons. The Balaban J connectivity index is 1.99. The van der Waals surface area contributed by atoms with Gasteiger partial charge in [0.05, 0.1) is 0 Å². The molecule has 0 aromatic heterocycles. The van der Waals surface area contributed by atoms with Gasteiger partial charge in [0.1, 0.15) is 0 Å². The fraction of sp³-hybridized carbons (Fsp3) is 0.500. The summed E-state index contributed by atoms with van der Waals surface area (Å²) in [5, 5.41) is 2.88. The lowest BCUT2D eigenvalue weighted by Crippen LogP contribution is -2.23. The maximum atomic E-state index is 10.8. The summed E-state index contributed by atoms with van der Waals surface area (Å²) in [7, 11) is 0. The third-order valence-corrected chi connectivity index (χ3v) is 3.36. The second kappa shape index (κ2) is 5.15. The summed E-state index contributed by atoms with van der Waals surface area (Å²) in [5.41, 5.74) is 3.00. The predicted molar refractivity (Wildman–Crippen MR) is 65.4 cm³/mol. The van der Waals surface area contributed by atoms with E-state index >= 15 is 0 Å². The summed E-state index contributed by atoms with van der Waals surface area (Å²) < 4.78 is 0. The van der Waals surface area contributed by atoms with Crippen LogP contribution < -0.4 is 5.32 Å². The number of carbonyl (C=O) groups is 1. The van der Waals surface area contributed by atoms with E-state index in [2.05, 4.69) is 29.6 Å². The number of amides is 1. The van der Waals surface area contributed by atoms with Gasteiger partial charge in [0, 0.05) is 13.5 Å². The molecule has 1 aromatic carbocycles. The molecule has 2 rings (SSSR count). The van der Waals surface area contributed by atoms with Crippen LogP contribution in [0.5, 0.6) is 0 Å². The highest BCUT2D eigenvalue weighted by Crippen LogP contribution is 2.33. The number of fused-ring (bicyclic) bond motifs is 1. The molecule has 1 aliphatic carbocycles. The van der Waals surface area contributed by atoms with Crippen LogP contribution >= 0.6 is 0 Å². The lowest BCUT2D eigenvalue weighted by atomic mass is 9.81. The first-order chi connectivity index (χ1) is 7.77. The molecule has 0 spiro atoms. The second-order valence-corrected chi connectivity index (χ2v) is 4.56. The van der Waals surface area contributed by atoms with Crippen molar-refractivity contribution in [2.45, 2.75) is 38.5 Å². The van der Waals surface area contributed by atoms with E-state index in [1.165, 1.54) is 30.4 Å². The Morgan fingerprint density at radius 3 is 3.06 bits per heavy atom. The van der Waals surface area contributed by atoms with Crippen LogP contribution in [0.1, 0.15) is 43.2 Å². The van der Waals surface area contributed by atoms with E-state index in [1.807, 2.05) is 0 Å². The van der Waals surface area contributed by atoms with E-state index in [0.29, 0.717) is 5.92 Å². The average molecular weight is 217 g/mol. The summed E-state index contributed by atoms with van der Waals surface area (Å²) in [6.45, 7) is 2.38. The summed E-state index contributed by atoms with van der Waals surface area (Å²) in [5.74, 6) is 0.709. The minimum absolute atomic E-state index is 0.0732. The molecule has 2 heteroatoms. The van der Waals surface area contributed by atoms with Crippen molar-refractivity contribution in [2.75, 3.05) is 6.54 Å². The third kappa shape index (κ3) is 2.63. The van der Waals surface area contributed by atoms with Crippen molar-refractivity contribution in [3.05, 3.63) is 35.4 Å². The highest BCUT2D eigenvalue weighted by Gasteiger charge is 2.18. The zero-order valence-corrected chi connectivity index (χ0v) is 9.83. The minimum Gasteiger partial charge on any atom is -0.356 e. The zero-order chi connectivity index (χ0) is 11.4. The maximum absolute atomic E-state index is 10.8. The lowest BCUT2D eigenvalue weighted by molar-refractivity contribution is -0.118. The molecule has 1 aromatic rings. The third-order valence-electron chi connectivity index (χ3n) is 3.36. The van der Waals surface area contributed by atoms with Gasteiger partial charge >= 0.3 is 0 Å². The molecule has 1 aliphatic rings. The summed E-state index contributed by atoms with van der Waals surface area (Å²) in [6, 6.07) is 8.72.